The molecule has 2 aliphatic carbocycles. The van der Waals surface area contributed by atoms with Crippen LogP contribution >= 0.6 is 11.6 Å². The van der Waals surface area contributed by atoms with E-state index in [4.69, 9.17) is 21.1 Å². The molecule has 7 rings (SSSR count). The van der Waals surface area contributed by atoms with Gasteiger partial charge in [-0.3, -0.25) is 4.79 Å². The van der Waals surface area contributed by atoms with E-state index >= 15 is 0 Å². The number of benzene rings is 2. The molecule has 3 heterocycles. The van der Waals surface area contributed by atoms with Gasteiger partial charge in [-0.2, -0.15) is 0 Å². The zero-order valence-electron chi connectivity index (χ0n) is 28.0. The van der Waals surface area contributed by atoms with Crippen molar-refractivity contribution in [3.8, 4) is 5.75 Å². The summed E-state index contributed by atoms with van der Waals surface area (Å²) in [5, 5.41) is 8.37. The van der Waals surface area contributed by atoms with Gasteiger partial charge in [-0.1, -0.05) is 36.2 Å². The van der Waals surface area contributed by atoms with Crippen LogP contribution in [0.4, 0.5) is 5.69 Å². The van der Waals surface area contributed by atoms with Gasteiger partial charge in [-0.05, 0) is 111 Å². The summed E-state index contributed by atoms with van der Waals surface area (Å²) in [5.74, 6) is 0.498. The minimum Gasteiger partial charge on any atom is -0.490 e. The lowest BCUT2D eigenvalue weighted by molar-refractivity contribution is -0.127. The highest BCUT2D eigenvalue weighted by Gasteiger charge is 2.50. The van der Waals surface area contributed by atoms with Crippen LogP contribution in [0.1, 0.15) is 80.3 Å². The fraction of sp³-hybridized carbons (Fsp3) is 0.583. The number of ether oxygens (including phenoxy) is 2. The second-order valence-corrected chi connectivity index (χ2v) is 17.1. The van der Waals surface area contributed by atoms with Crippen LogP contribution in [0.2, 0.25) is 5.02 Å². The number of nitrogens with one attached hydrogen (secondary N) is 1. The molecule has 3 aromatic rings. The minimum absolute atomic E-state index is 0.165. The van der Waals surface area contributed by atoms with E-state index in [0.29, 0.717) is 43.3 Å². The van der Waals surface area contributed by atoms with Gasteiger partial charge in [0.15, 0.2) is 0 Å². The summed E-state index contributed by atoms with van der Waals surface area (Å²) in [7, 11) is -2.13. The molecule has 4 aliphatic rings. The van der Waals surface area contributed by atoms with Crippen molar-refractivity contribution in [2.45, 2.75) is 88.0 Å². The standard InChI is InChI=1S/C36H46ClN5O5S/c1-24-6-4-15-36(46-3,22-42-17-16-38-40-42)31-11-8-28(31)20-41-21-35(14-5-7-26-18-29(37)10-12-30(26)35)23-47-33-13-9-27(19-32(33)41)34(43)39-48(44,45)25(24)2/h9-10,12-13,16-19,24-25,28,31H,4-8,11,14-15,20-23H2,1-3H3,(H,39,43)/t24-,25+,28-,31+,35-,36+/m0/s1. The smallest absolute Gasteiger partial charge is 0.264 e. The summed E-state index contributed by atoms with van der Waals surface area (Å²) in [5.41, 5.74) is 2.88. The first kappa shape index (κ1) is 33.4. The van der Waals surface area contributed by atoms with Gasteiger partial charge >= 0.3 is 0 Å². The molecule has 48 heavy (non-hydrogen) atoms. The predicted octanol–water partition coefficient (Wildman–Crippen LogP) is 5.78. The number of hydrogen-bond donors (Lipinski definition) is 1. The van der Waals surface area contributed by atoms with E-state index < -0.39 is 26.8 Å². The lowest BCUT2D eigenvalue weighted by atomic mass is 9.62. The quantitative estimate of drug-likeness (QED) is 0.367. The van der Waals surface area contributed by atoms with Gasteiger partial charge in [-0.15, -0.1) is 5.10 Å². The minimum atomic E-state index is -3.93. The van der Waals surface area contributed by atoms with Gasteiger partial charge in [0, 0.05) is 42.4 Å². The molecule has 1 aromatic heterocycles. The number of amides is 1. The lowest BCUT2D eigenvalue weighted by Crippen LogP contribution is -2.55. The predicted molar refractivity (Wildman–Crippen MR) is 185 cm³/mol. The molecule has 0 saturated heterocycles. The highest BCUT2D eigenvalue weighted by Crippen LogP contribution is 2.50. The maximum Gasteiger partial charge on any atom is 0.264 e. The average Bonchev–Trinajstić information content (AvgIpc) is 3.51. The average molecular weight is 696 g/mol. The lowest BCUT2D eigenvalue weighted by Gasteiger charge is -2.51. The number of carbonyl (C=O) groups excluding carboxylic acids is 1. The summed E-state index contributed by atoms with van der Waals surface area (Å²) in [6.45, 7) is 6.17. The number of nitrogens with zero attached hydrogens (tertiary/aromatic N) is 4. The Balaban J connectivity index is 1.32. The number of halogens is 1. The van der Waals surface area contributed by atoms with Crippen LogP contribution in [0.3, 0.4) is 0 Å². The molecule has 1 spiro atoms. The number of aryl methyl sites for hydroxylation is 1. The monoisotopic (exact) mass is 695 g/mol. The third kappa shape index (κ3) is 6.11. The first-order chi connectivity index (χ1) is 23.0. The number of carbonyl (C=O) groups is 1. The third-order valence-corrected chi connectivity index (χ3v) is 14.1. The van der Waals surface area contributed by atoms with Gasteiger partial charge in [0.05, 0.1) is 35.9 Å². The van der Waals surface area contributed by atoms with Gasteiger partial charge in [0.2, 0.25) is 10.0 Å². The second kappa shape index (κ2) is 12.9. The number of rotatable bonds is 3. The van der Waals surface area contributed by atoms with Gasteiger partial charge in [-0.25, -0.2) is 17.8 Å². The normalized spacial score (nSPS) is 31.8. The molecule has 1 saturated carbocycles. The number of aromatic nitrogens is 3. The number of fused-ring (bicyclic) bond motifs is 4. The molecule has 1 N–H and O–H groups in total. The van der Waals surface area contributed by atoms with Crippen molar-refractivity contribution in [1.82, 2.24) is 19.7 Å². The van der Waals surface area contributed by atoms with E-state index in [2.05, 4.69) is 32.1 Å². The summed E-state index contributed by atoms with van der Waals surface area (Å²) >= 11 is 6.46. The summed E-state index contributed by atoms with van der Waals surface area (Å²) < 4.78 is 44.4. The number of sulfonamides is 1. The van der Waals surface area contributed by atoms with Crippen molar-refractivity contribution >= 4 is 33.2 Å². The van der Waals surface area contributed by atoms with Crippen LogP contribution in [-0.2, 0) is 33.1 Å². The maximum absolute atomic E-state index is 13.6. The van der Waals surface area contributed by atoms with Crippen molar-refractivity contribution in [3.05, 3.63) is 70.5 Å². The first-order valence-corrected chi connectivity index (χ1v) is 19.2. The molecular formula is C36H46ClN5O5S. The molecule has 6 atom stereocenters. The Labute approximate surface area is 288 Å². The molecule has 258 valence electrons. The Bertz CT molecular complexity index is 1770. The summed E-state index contributed by atoms with van der Waals surface area (Å²) in [6.07, 6.45) is 10.9. The first-order valence-electron chi connectivity index (χ1n) is 17.3. The highest BCUT2D eigenvalue weighted by molar-refractivity contribution is 7.90. The zero-order chi connectivity index (χ0) is 33.7. The maximum atomic E-state index is 13.6. The van der Waals surface area contributed by atoms with Gasteiger partial charge < -0.3 is 14.4 Å². The molecular weight excluding hydrogens is 650 g/mol. The molecule has 2 aromatic carbocycles. The molecule has 1 fully saturated rings. The molecule has 0 unspecified atom stereocenters. The van der Waals surface area contributed by atoms with E-state index in [1.54, 1.807) is 26.3 Å². The number of methoxy groups -OCH3 is 1. The van der Waals surface area contributed by atoms with Crippen LogP contribution in [0.5, 0.6) is 5.75 Å². The molecule has 2 aliphatic heterocycles. The summed E-state index contributed by atoms with van der Waals surface area (Å²) in [6, 6.07) is 11.5. The summed E-state index contributed by atoms with van der Waals surface area (Å²) in [4.78, 5) is 16.0. The van der Waals surface area contributed by atoms with Crippen LogP contribution < -0.4 is 14.4 Å². The largest absolute Gasteiger partial charge is 0.490 e. The zero-order valence-corrected chi connectivity index (χ0v) is 29.6. The Kier molecular flexibility index (Phi) is 9.00. The van der Waals surface area contributed by atoms with Gasteiger partial charge in [0.1, 0.15) is 5.75 Å². The Morgan fingerprint density at radius 3 is 2.71 bits per heavy atom. The van der Waals surface area contributed by atoms with Crippen LogP contribution in [-0.4, -0.2) is 67.0 Å². The number of anilines is 1. The number of hydrogen-bond acceptors (Lipinski definition) is 8. The van der Waals surface area contributed by atoms with Crippen molar-refractivity contribution in [2.75, 3.05) is 31.7 Å². The van der Waals surface area contributed by atoms with Crippen LogP contribution in [0, 0.1) is 17.8 Å². The van der Waals surface area contributed by atoms with E-state index in [1.807, 2.05) is 36.0 Å². The molecule has 1 amide bonds. The van der Waals surface area contributed by atoms with Crippen molar-refractivity contribution in [2.24, 2.45) is 17.8 Å². The van der Waals surface area contributed by atoms with Crippen LogP contribution in [0.25, 0.3) is 0 Å². The fourth-order valence-electron chi connectivity index (χ4n) is 8.85. The molecule has 2 bridgehead atoms. The topological polar surface area (TPSA) is 116 Å². The van der Waals surface area contributed by atoms with Crippen molar-refractivity contribution in [1.29, 1.82) is 0 Å². The Morgan fingerprint density at radius 1 is 1.10 bits per heavy atom. The van der Waals surface area contributed by atoms with E-state index in [-0.39, 0.29) is 17.3 Å². The van der Waals surface area contributed by atoms with E-state index in [0.717, 1.165) is 62.2 Å². The highest BCUT2D eigenvalue weighted by atomic mass is 35.5. The van der Waals surface area contributed by atoms with Crippen LogP contribution in [0.15, 0.2) is 48.8 Å². The molecule has 12 heteroatoms. The Hall–Kier alpha value is -3.15. The van der Waals surface area contributed by atoms with E-state index in [1.165, 1.54) is 11.1 Å². The van der Waals surface area contributed by atoms with Crippen molar-refractivity contribution < 1.29 is 22.7 Å². The Morgan fingerprint density at radius 2 is 1.96 bits per heavy atom. The van der Waals surface area contributed by atoms with E-state index in [9.17, 15) is 13.2 Å². The van der Waals surface area contributed by atoms with Gasteiger partial charge in [0.25, 0.3) is 5.91 Å². The fourth-order valence-corrected chi connectivity index (χ4v) is 10.4. The molecule has 10 nitrogen and oxygen atoms in total. The molecule has 0 radical (unpaired) electrons. The van der Waals surface area contributed by atoms with Crippen molar-refractivity contribution in [3.63, 3.8) is 0 Å². The SMILES string of the molecule is CO[C@@]1(Cn2ccnn2)CCC[C@H](C)[C@@H](C)S(=O)(=O)NC(=O)c2ccc3c(c2)N(C[C@@H]2CC[C@H]21)C[C@@]1(CCCc2cc(Cl)ccc21)CO3. The second-order valence-electron chi connectivity index (χ2n) is 14.7. The third-order valence-electron chi connectivity index (χ3n) is 11.9.